The third kappa shape index (κ3) is 2.35. The van der Waals surface area contributed by atoms with E-state index < -0.39 is 0 Å². The highest BCUT2D eigenvalue weighted by molar-refractivity contribution is 5.81. The topological polar surface area (TPSA) is 29.5 Å². The third-order valence-electron chi connectivity index (χ3n) is 3.91. The van der Waals surface area contributed by atoms with Gasteiger partial charge in [0.2, 0.25) is 5.91 Å². The van der Waals surface area contributed by atoms with Crippen LogP contribution < -0.4 is 4.74 Å². The monoisotopic (exact) mass is 247 g/mol. The minimum Gasteiger partial charge on any atom is -0.497 e. The Kier molecular flexibility index (Phi) is 3.90. The van der Waals surface area contributed by atoms with Gasteiger partial charge in [0, 0.05) is 12.5 Å². The predicted octanol–water partition coefficient (Wildman–Crippen LogP) is 3.01. The lowest BCUT2D eigenvalue weighted by molar-refractivity contribution is -0.132. The summed E-state index contributed by atoms with van der Waals surface area (Å²) in [6.45, 7) is 5.06. The molecule has 2 atom stereocenters. The Balaban J connectivity index is 2.11. The lowest BCUT2D eigenvalue weighted by Crippen LogP contribution is -2.30. The molecule has 1 aliphatic rings. The molecule has 1 aromatic carbocycles. The first-order valence-electron chi connectivity index (χ1n) is 6.61. The molecule has 0 aromatic heterocycles. The van der Waals surface area contributed by atoms with Crippen molar-refractivity contribution in [3.05, 3.63) is 29.8 Å². The van der Waals surface area contributed by atoms with E-state index in [1.165, 1.54) is 5.56 Å². The summed E-state index contributed by atoms with van der Waals surface area (Å²) in [6.07, 6.45) is 1.94. The lowest BCUT2D eigenvalue weighted by atomic mass is 10.0. The van der Waals surface area contributed by atoms with Crippen LogP contribution in [0.1, 0.15) is 38.3 Å². The molecule has 1 saturated heterocycles. The number of benzene rings is 1. The molecule has 0 aliphatic carbocycles. The van der Waals surface area contributed by atoms with Crippen molar-refractivity contribution in [2.75, 3.05) is 13.7 Å². The maximum atomic E-state index is 12.2. The normalized spacial score (nSPS) is 21.2. The summed E-state index contributed by atoms with van der Waals surface area (Å²) in [5, 5.41) is 0. The third-order valence-corrected chi connectivity index (χ3v) is 3.91. The van der Waals surface area contributed by atoms with Gasteiger partial charge in [0.05, 0.1) is 13.2 Å². The van der Waals surface area contributed by atoms with E-state index in [9.17, 15) is 4.79 Å². The highest BCUT2D eigenvalue weighted by Crippen LogP contribution is 2.30. The van der Waals surface area contributed by atoms with Crippen LogP contribution in [0.25, 0.3) is 0 Å². The van der Waals surface area contributed by atoms with Crippen LogP contribution in [0.15, 0.2) is 24.3 Å². The van der Waals surface area contributed by atoms with Gasteiger partial charge in [0.15, 0.2) is 0 Å². The van der Waals surface area contributed by atoms with Crippen molar-refractivity contribution >= 4 is 5.91 Å². The minimum atomic E-state index is 0.153. The number of hydrogen-bond acceptors (Lipinski definition) is 2. The molecule has 0 bridgehead atoms. The van der Waals surface area contributed by atoms with Gasteiger partial charge in [-0.25, -0.2) is 0 Å². The van der Waals surface area contributed by atoms with Crippen molar-refractivity contribution < 1.29 is 9.53 Å². The van der Waals surface area contributed by atoms with Crippen LogP contribution >= 0.6 is 0 Å². The zero-order valence-corrected chi connectivity index (χ0v) is 11.3. The predicted molar refractivity (Wildman–Crippen MR) is 71.5 cm³/mol. The van der Waals surface area contributed by atoms with E-state index in [0.717, 1.165) is 25.1 Å². The van der Waals surface area contributed by atoms with Crippen LogP contribution in [-0.2, 0) is 4.79 Å². The van der Waals surface area contributed by atoms with Gasteiger partial charge < -0.3 is 9.64 Å². The van der Waals surface area contributed by atoms with Crippen LogP contribution in [0.2, 0.25) is 0 Å². The number of ether oxygens (including phenoxy) is 1. The van der Waals surface area contributed by atoms with Crippen molar-refractivity contribution in [3.8, 4) is 5.75 Å². The first-order chi connectivity index (χ1) is 8.67. The molecular formula is C15H21NO2. The molecule has 1 unspecified atom stereocenters. The van der Waals surface area contributed by atoms with Gasteiger partial charge in [0.25, 0.3) is 0 Å². The lowest BCUT2D eigenvalue weighted by Gasteiger charge is -2.25. The first-order valence-corrected chi connectivity index (χ1v) is 6.61. The molecule has 2 rings (SSSR count). The second-order valence-corrected chi connectivity index (χ2v) is 4.87. The Bertz CT molecular complexity index is 413. The molecule has 3 nitrogen and oxygen atoms in total. The van der Waals surface area contributed by atoms with E-state index in [4.69, 9.17) is 4.74 Å². The average molecular weight is 247 g/mol. The number of carbonyl (C=O) groups excluding carboxylic acids is 1. The van der Waals surface area contributed by atoms with Crippen LogP contribution in [0.4, 0.5) is 0 Å². The summed E-state index contributed by atoms with van der Waals surface area (Å²) in [7, 11) is 1.66. The number of likely N-dealkylation sites (tertiary alicyclic amines) is 1. The number of rotatable bonds is 4. The van der Waals surface area contributed by atoms with Crippen molar-refractivity contribution in [1.29, 1.82) is 0 Å². The standard InChI is InChI=1S/C15H21NO2/c1-4-12-9-10-16(15(12)17)11(2)13-5-7-14(18-3)8-6-13/h5-8,11-12H,4,9-10H2,1-3H3/t11-,12?/m0/s1. The quantitative estimate of drug-likeness (QED) is 0.818. The van der Waals surface area contributed by atoms with Gasteiger partial charge >= 0.3 is 0 Å². The van der Waals surface area contributed by atoms with Crippen LogP contribution in [0.5, 0.6) is 5.75 Å². The summed E-state index contributed by atoms with van der Waals surface area (Å²) < 4.78 is 5.15. The minimum absolute atomic E-state index is 0.153. The van der Waals surface area contributed by atoms with Crippen molar-refractivity contribution in [1.82, 2.24) is 4.90 Å². The summed E-state index contributed by atoms with van der Waals surface area (Å²) in [6, 6.07) is 8.12. The van der Waals surface area contributed by atoms with Gasteiger partial charge in [-0.2, -0.15) is 0 Å². The van der Waals surface area contributed by atoms with Gasteiger partial charge in [-0.1, -0.05) is 19.1 Å². The molecule has 1 aliphatic heterocycles. The summed E-state index contributed by atoms with van der Waals surface area (Å²) in [5.74, 6) is 1.39. The van der Waals surface area contributed by atoms with Crippen LogP contribution in [-0.4, -0.2) is 24.5 Å². The first kappa shape index (κ1) is 12.9. The fourth-order valence-corrected chi connectivity index (χ4v) is 2.59. The Morgan fingerprint density at radius 3 is 2.56 bits per heavy atom. The number of methoxy groups -OCH3 is 1. The fourth-order valence-electron chi connectivity index (χ4n) is 2.59. The molecule has 1 fully saturated rings. The molecule has 18 heavy (non-hydrogen) atoms. The number of nitrogens with zero attached hydrogens (tertiary/aromatic N) is 1. The van der Waals surface area contributed by atoms with Gasteiger partial charge in [0.1, 0.15) is 5.75 Å². The Morgan fingerprint density at radius 2 is 2.06 bits per heavy atom. The molecule has 0 N–H and O–H groups in total. The highest BCUT2D eigenvalue weighted by Gasteiger charge is 2.33. The van der Waals surface area contributed by atoms with E-state index in [0.29, 0.717) is 5.91 Å². The van der Waals surface area contributed by atoms with E-state index in [1.807, 2.05) is 29.2 Å². The van der Waals surface area contributed by atoms with E-state index in [1.54, 1.807) is 7.11 Å². The molecule has 1 aromatic rings. The smallest absolute Gasteiger partial charge is 0.226 e. The summed E-state index contributed by atoms with van der Waals surface area (Å²) in [4.78, 5) is 14.2. The van der Waals surface area contributed by atoms with Crippen molar-refractivity contribution in [2.24, 2.45) is 5.92 Å². The Labute approximate surface area is 109 Å². The highest BCUT2D eigenvalue weighted by atomic mass is 16.5. The molecule has 1 heterocycles. The number of hydrogen-bond donors (Lipinski definition) is 0. The zero-order chi connectivity index (χ0) is 13.1. The van der Waals surface area contributed by atoms with E-state index >= 15 is 0 Å². The van der Waals surface area contributed by atoms with Crippen LogP contribution in [0, 0.1) is 5.92 Å². The Hall–Kier alpha value is -1.51. The van der Waals surface area contributed by atoms with Gasteiger partial charge in [-0.3, -0.25) is 4.79 Å². The largest absolute Gasteiger partial charge is 0.497 e. The second kappa shape index (κ2) is 5.42. The maximum absolute atomic E-state index is 12.2. The molecule has 0 saturated carbocycles. The molecular weight excluding hydrogens is 226 g/mol. The molecule has 0 radical (unpaired) electrons. The number of carbonyl (C=O) groups is 1. The van der Waals surface area contributed by atoms with E-state index in [2.05, 4.69) is 13.8 Å². The molecule has 98 valence electrons. The van der Waals surface area contributed by atoms with Crippen molar-refractivity contribution in [2.45, 2.75) is 32.7 Å². The summed E-state index contributed by atoms with van der Waals surface area (Å²) >= 11 is 0. The van der Waals surface area contributed by atoms with Gasteiger partial charge in [-0.05, 0) is 37.5 Å². The van der Waals surface area contributed by atoms with Crippen molar-refractivity contribution in [3.63, 3.8) is 0 Å². The van der Waals surface area contributed by atoms with E-state index in [-0.39, 0.29) is 12.0 Å². The zero-order valence-electron chi connectivity index (χ0n) is 11.3. The Morgan fingerprint density at radius 1 is 1.39 bits per heavy atom. The number of amides is 1. The average Bonchev–Trinajstić information content (AvgIpc) is 2.79. The SMILES string of the molecule is CCC1CCN([C@@H](C)c2ccc(OC)cc2)C1=O. The maximum Gasteiger partial charge on any atom is 0.226 e. The van der Waals surface area contributed by atoms with Gasteiger partial charge in [-0.15, -0.1) is 0 Å². The fraction of sp³-hybridized carbons (Fsp3) is 0.533. The van der Waals surface area contributed by atoms with Crippen LogP contribution in [0.3, 0.4) is 0 Å². The molecule has 1 amide bonds. The molecule has 0 spiro atoms. The molecule has 3 heteroatoms. The second-order valence-electron chi connectivity index (χ2n) is 4.87. The summed E-state index contributed by atoms with van der Waals surface area (Å²) in [5.41, 5.74) is 1.17.